The molecular formula is C15H30O2. The summed E-state index contributed by atoms with van der Waals surface area (Å²) in [5, 5.41) is 9.58. The van der Waals surface area contributed by atoms with Crippen LogP contribution in [0.2, 0.25) is 0 Å². The summed E-state index contributed by atoms with van der Waals surface area (Å²) in [5.41, 5.74) is -0.0525. The molecule has 0 aromatic carbocycles. The molecule has 0 heterocycles. The van der Waals surface area contributed by atoms with Gasteiger partial charge in [0.2, 0.25) is 0 Å². The monoisotopic (exact) mass is 242 g/mol. The van der Waals surface area contributed by atoms with Gasteiger partial charge in [-0.05, 0) is 38.5 Å². The molecule has 0 aliphatic rings. The second kappa shape index (κ2) is 7.88. The van der Waals surface area contributed by atoms with Gasteiger partial charge in [0, 0.05) is 6.61 Å². The number of hydrogen-bond acceptors (Lipinski definition) is 2. The summed E-state index contributed by atoms with van der Waals surface area (Å²) < 4.78 is 5.88. The topological polar surface area (TPSA) is 29.5 Å². The lowest BCUT2D eigenvalue weighted by molar-refractivity contribution is -0.0383. The Labute approximate surface area is 107 Å². The quantitative estimate of drug-likeness (QED) is 0.623. The summed E-state index contributed by atoms with van der Waals surface area (Å²) >= 11 is 0. The largest absolute Gasteiger partial charge is 0.389 e. The van der Waals surface area contributed by atoms with Gasteiger partial charge in [-0.3, -0.25) is 0 Å². The Bertz CT molecular complexity index is 209. The van der Waals surface area contributed by atoms with E-state index in [1.165, 1.54) is 0 Å². The molecule has 0 fully saturated rings. The highest BCUT2D eigenvalue weighted by molar-refractivity contribution is 4.82. The molecule has 0 aliphatic heterocycles. The van der Waals surface area contributed by atoms with Gasteiger partial charge in [0.05, 0.1) is 11.7 Å². The molecule has 0 aromatic rings. The molecule has 2 unspecified atom stereocenters. The first-order valence-electron chi connectivity index (χ1n) is 6.73. The van der Waals surface area contributed by atoms with E-state index in [-0.39, 0.29) is 17.6 Å². The van der Waals surface area contributed by atoms with Crippen molar-refractivity contribution in [1.29, 1.82) is 0 Å². The van der Waals surface area contributed by atoms with E-state index in [1.807, 2.05) is 0 Å². The van der Waals surface area contributed by atoms with E-state index < -0.39 is 0 Å². The number of rotatable bonds is 9. The van der Waals surface area contributed by atoms with E-state index in [1.54, 1.807) is 6.08 Å². The molecule has 0 spiro atoms. The Hall–Kier alpha value is -0.340. The minimum Gasteiger partial charge on any atom is -0.389 e. The highest BCUT2D eigenvalue weighted by atomic mass is 16.5. The molecule has 0 radical (unpaired) electrons. The van der Waals surface area contributed by atoms with E-state index in [0.29, 0.717) is 5.92 Å². The van der Waals surface area contributed by atoms with Crippen LogP contribution in [0.15, 0.2) is 12.7 Å². The van der Waals surface area contributed by atoms with Crippen LogP contribution in [-0.4, -0.2) is 23.4 Å². The number of aliphatic hydroxyl groups excluding tert-OH is 1. The molecule has 0 amide bonds. The lowest BCUT2D eigenvalue weighted by Crippen LogP contribution is -2.27. The maximum atomic E-state index is 9.58. The second-order valence-corrected chi connectivity index (χ2v) is 6.06. The highest BCUT2D eigenvalue weighted by Gasteiger charge is 2.19. The Kier molecular flexibility index (Phi) is 7.73. The van der Waals surface area contributed by atoms with Crippen LogP contribution in [0.4, 0.5) is 0 Å². The van der Waals surface area contributed by atoms with Gasteiger partial charge >= 0.3 is 0 Å². The van der Waals surface area contributed by atoms with Crippen LogP contribution in [0.1, 0.15) is 53.9 Å². The summed E-state index contributed by atoms with van der Waals surface area (Å²) in [6, 6.07) is 0. The summed E-state index contributed by atoms with van der Waals surface area (Å²) in [6.45, 7) is 15.1. The maximum absolute atomic E-state index is 9.58. The van der Waals surface area contributed by atoms with Crippen molar-refractivity contribution in [3.8, 4) is 0 Å². The van der Waals surface area contributed by atoms with Gasteiger partial charge < -0.3 is 9.84 Å². The molecule has 2 heteroatoms. The molecule has 2 atom stereocenters. The Morgan fingerprint density at radius 1 is 1.29 bits per heavy atom. The standard InChI is InChI=1S/C15H30O2/c1-7-14(16)13(4)9-8-10-15(5,6)17-11-12(2)3/h7,12-14,16H,1,8-11H2,2-6H3. The van der Waals surface area contributed by atoms with Gasteiger partial charge in [-0.15, -0.1) is 6.58 Å². The number of ether oxygens (including phenoxy) is 1. The zero-order chi connectivity index (χ0) is 13.5. The van der Waals surface area contributed by atoms with Crippen molar-refractivity contribution < 1.29 is 9.84 Å². The van der Waals surface area contributed by atoms with Crippen LogP contribution in [-0.2, 0) is 4.74 Å². The summed E-state index contributed by atoms with van der Waals surface area (Å²) in [5.74, 6) is 0.865. The van der Waals surface area contributed by atoms with Crippen LogP contribution in [0.3, 0.4) is 0 Å². The van der Waals surface area contributed by atoms with Gasteiger partial charge in [0.25, 0.3) is 0 Å². The predicted molar refractivity (Wildman–Crippen MR) is 74.1 cm³/mol. The normalized spacial score (nSPS) is 15.9. The average Bonchev–Trinajstić information content (AvgIpc) is 2.25. The molecule has 17 heavy (non-hydrogen) atoms. The van der Waals surface area contributed by atoms with E-state index in [9.17, 15) is 5.11 Å². The Balaban J connectivity index is 3.82. The number of hydrogen-bond donors (Lipinski definition) is 1. The summed E-state index contributed by atoms with van der Waals surface area (Å²) in [4.78, 5) is 0. The van der Waals surface area contributed by atoms with E-state index in [0.717, 1.165) is 25.9 Å². The molecule has 2 nitrogen and oxygen atoms in total. The first kappa shape index (κ1) is 16.7. The fraction of sp³-hybridized carbons (Fsp3) is 0.867. The molecule has 0 saturated heterocycles. The van der Waals surface area contributed by atoms with Crippen LogP contribution in [0, 0.1) is 11.8 Å². The Morgan fingerprint density at radius 3 is 2.35 bits per heavy atom. The Morgan fingerprint density at radius 2 is 1.88 bits per heavy atom. The molecule has 102 valence electrons. The fourth-order valence-electron chi connectivity index (χ4n) is 1.72. The lowest BCUT2D eigenvalue weighted by atomic mass is 9.93. The average molecular weight is 242 g/mol. The summed E-state index contributed by atoms with van der Waals surface area (Å²) in [7, 11) is 0. The molecule has 0 aromatic heterocycles. The third-order valence-corrected chi connectivity index (χ3v) is 3.07. The van der Waals surface area contributed by atoms with Gasteiger partial charge in [-0.1, -0.05) is 33.3 Å². The van der Waals surface area contributed by atoms with Gasteiger partial charge in [-0.2, -0.15) is 0 Å². The van der Waals surface area contributed by atoms with Crippen molar-refractivity contribution in [2.24, 2.45) is 11.8 Å². The molecule has 0 rings (SSSR count). The minimum atomic E-state index is -0.380. The van der Waals surface area contributed by atoms with Crippen molar-refractivity contribution in [2.75, 3.05) is 6.61 Å². The van der Waals surface area contributed by atoms with Crippen LogP contribution in [0.25, 0.3) is 0 Å². The smallest absolute Gasteiger partial charge is 0.0743 e. The maximum Gasteiger partial charge on any atom is 0.0743 e. The predicted octanol–water partition coefficient (Wildman–Crippen LogP) is 3.79. The van der Waals surface area contributed by atoms with E-state index in [4.69, 9.17) is 4.74 Å². The van der Waals surface area contributed by atoms with Gasteiger partial charge in [-0.25, -0.2) is 0 Å². The molecule has 0 saturated carbocycles. The first-order chi connectivity index (χ1) is 7.78. The molecule has 0 bridgehead atoms. The van der Waals surface area contributed by atoms with Gasteiger partial charge in [0.15, 0.2) is 0 Å². The molecule has 0 aliphatic carbocycles. The van der Waals surface area contributed by atoms with E-state index in [2.05, 4.69) is 41.2 Å². The van der Waals surface area contributed by atoms with Crippen molar-refractivity contribution in [3.05, 3.63) is 12.7 Å². The second-order valence-electron chi connectivity index (χ2n) is 6.06. The van der Waals surface area contributed by atoms with Crippen LogP contribution in [0.5, 0.6) is 0 Å². The first-order valence-corrected chi connectivity index (χ1v) is 6.73. The molecule has 1 N–H and O–H groups in total. The van der Waals surface area contributed by atoms with Crippen LogP contribution < -0.4 is 0 Å². The van der Waals surface area contributed by atoms with Crippen molar-refractivity contribution in [1.82, 2.24) is 0 Å². The third-order valence-electron chi connectivity index (χ3n) is 3.07. The summed E-state index contributed by atoms with van der Waals surface area (Å²) in [6.07, 6.45) is 4.37. The lowest BCUT2D eigenvalue weighted by Gasteiger charge is -2.27. The third kappa shape index (κ3) is 8.39. The number of aliphatic hydroxyl groups is 1. The fourth-order valence-corrected chi connectivity index (χ4v) is 1.72. The van der Waals surface area contributed by atoms with Crippen molar-refractivity contribution in [2.45, 2.75) is 65.6 Å². The molecular weight excluding hydrogens is 212 g/mol. The zero-order valence-electron chi connectivity index (χ0n) is 12.2. The SMILES string of the molecule is C=CC(O)C(C)CCCC(C)(C)OCC(C)C. The zero-order valence-corrected chi connectivity index (χ0v) is 12.2. The van der Waals surface area contributed by atoms with Gasteiger partial charge in [0.1, 0.15) is 0 Å². The van der Waals surface area contributed by atoms with Crippen molar-refractivity contribution in [3.63, 3.8) is 0 Å². The minimum absolute atomic E-state index is 0.0525. The highest BCUT2D eigenvalue weighted by Crippen LogP contribution is 2.22. The van der Waals surface area contributed by atoms with E-state index >= 15 is 0 Å². The van der Waals surface area contributed by atoms with Crippen molar-refractivity contribution >= 4 is 0 Å². The van der Waals surface area contributed by atoms with Crippen LogP contribution >= 0.6 is 0 Å².